The highest BCUT2D eigenvalue weighted by atomic mass is 16.2. The van der Waals surface area contributed by atoms with Crippen LogP contribution in [0.2, 0.25) is 0 Å². The first-order valence-electron chi connectivity index (χ1n) is 8.78. The third kappa shape index (κ3) is 4.73. The molecule has 0 aliphatic carbocycles. The molecule has 24 heavy (non-hydrogen) atoms. The molecule has 0 spiro atoms. The lowest BCUT2D eigenvalue weighted by Gasteiger charge is -2.36. The van der Waals surface area contributed by atoms with Gasteiger partial charge in [-0.05, 0) is 12.5 Å². The third-order valence-electron chi connectivity index (χ3n) is 4.54. The Morgan fingerprint density at radius 1 is 1.12 bits per heavy atom. The highest BCUT2D eigenvalue weighted by Crippen LogP contribution is 2.23. The van der Waals surface area contributed by atoms with Gasteiger partial charge in [-0.25, -0.2) is 0 Å². The smallest absolute Gasteiger partial charge is 0.219 e. The molecule has 0 atom stereocenters. The number of benzene rings is 1. The van der Waals surface area contributed by atoms with Crippen molar-refractivity contribution in [2.45, 2.75) is 33.1 Å². The molecule has 5 heteroatoms. The van der Waals surface area contributed by atoms with Crippen molar-refractivity contribution >= 4 is 11.9 Å². The minimum Gasteiger partial charge on any atom is -0.357 e. The molecule has 1 aromatic carbocycles. The minimum atomic E-state index is -0.0108. The Kier molecular flexibility index (Phi) is 6.23. The molecule has 1 amide bonds. The monoisotopic (exact) mass is 330 g/mol. The van der Waals surface area contributed by atoms with Crippen LogP contribution in [0.15, 0.2) is 35.3 Å². The summed E-state index contributed by atoms with van der Waals surface area (Å²) in [5, 5.41) is 3.39. The van der Waals surface area contributed by atoms with Gasteiger partial charge in [0.25, 0.3) is 0 Å². The van der Waals surface area contributed by atoms with Gasteiger partial charge in [-0.3, -0.25) is 9.79 Å². The zero-order valence-corrected chi connectivity index (χ0v) is 15.4. The standard InChI is InChI=1S/C19H30N4O/c1-5-20-18(23-13-11-22(12-14-23)16(2)24)21-15-19(3,4)17-9-7-6-8-10-17/h6-10H,5,11-15H2,1-4H3,(H,20,21). The first-order valence-corrected chi connectivity index (χ1v) is 8.78. The van der Waals surface area contributed by atoms with Gasteiger partial charge in [-0.2, -0.15) is 0 Å². The molecule has 1 N–H and O–H groups in total. The molecule has 132 valence electrons. The van der Waals surface area contributed by atoms with Crippen LogP contribution in [0.5, 0.6) is 0 Å². The summed E-state index contributed by atoms with van der Waals surface area (Å²) < 4.78 is 0. The van der Waals surface area contributed by atoms with Gasteiger partial charge >= 0.3 is 0 Å². The van der Waals surface area contributed by atoms with Gasteiger partial charge in [0, 0.05) is 45.1 Å². The molecular formula is C19H30N4O. The molecule has 1 aliphatic heterocycles. The van der Waals surface area contributed by atoms with Gasteiger partial charge < -0.3 is 15.1 Å². The van der Waals surface area contributed by atoms with Crippen molar-refractivity contribution in [1.29, 1.82) is 0 Å². The van der Waals surface area contributed by atoms with E-state index < -0.39 is 0 Å². The van der Waals surface area contributed by atoms with E-state index >= 15 is 0 Å². The molecule has 1 heterocycles. The van der Waals surface area contributed by atoms with Crippen molar-refractivity contribution < 1.29 is 4.79 Å². The summed E-state index contributed by atoms with van der Waals surface area (Å²) in [6.07, 6.45) is 0. The number of nitrogens with one attached hydrogen (secondary N) is 1. The molecule has 1 saturated heterocycles. The number of hydrogen-bond acceptors (Lipinski definition) is 2. The number of nitrogens with zero attached hydrogens (tertiary/aromatic N) is 3. The van der Waals surface area contributed by atoms with Crippen LogP contribution in [0.25, 0.3) is 0 Å². The molecule has 5 nitrogen and oxygen atoms in total. The topological polar surface area (TPSA) is 47.9 Å². The lowest BCUT2D eigenvalue weighted by molar-refractivity contribution is -0.130. The Morgan fingerprint density at radius 3 is 2.25 bits per heavy atom. The van der Waals surface area contributed by atoms with Gasteiger partial charge in [0.05, 0.1) is 6.54 Å². The maximum absolute atomic E-state index is 11.5. The van der Waals surface area contributed by atoms with Crippen LogP contribution in [-0.4, -0.2) is 60.9 Å². The Labute approximate surface area is 145 Å². The average molecular weight is 330 g/mol. The van der Waals surface area contributed by atoms with Crippen molar-refractivity contribution in [3.63, 3.8) is 0 Å². The van der Waals surface area contributed by atoms with Crippen LogP contribution >= 0.6 is 0 Å². The molecule has 1 fully saturated rings. The summed E-state index contributed by atoms with van der Waals surface area (Å²) >= 11 is 0. The summed E-state index contributed by atoms with van der Waals surface area (Å²) in [7, 11) is 0. The van der Waals surface area contributed by atoms with E-state index in [4.69, 9.17) is 4.99 Å². The number of carbonyl (C=O) groups excluding carboxylic acids is 1. The normalized spacial score (nSPS) is 16.2. The van der Waals surface area contributed by atoms with Gasteiger partial charge in [0.15, 0.2) is 5.96 Å². The van der Waals surface area contributed by atoms with E-state index in [0.29, 0.717) is 0 Å². The number of guanidine groups is 1. The van der Waals surface area contributed by atoms with E-state index in [0.717, 1.165) is 45.2 Å². The maximum Gasteiger partial charge on any atom is 0.219 e. The number of amides is 1. The number of carbonyl (C=O) groups is 1. The predicted molar refractivity (Wildman–Crippen MR) is 99.3 cm³/mol. The molecule has 0 unspecified atom stereocenters. The molecular weight excluding hydrogens is 300 g/mol. The van der Waals surface area contributed by atoms with E-state index in [1.165, 1.54) is 5.56 Å². The Bertz CT molecular complexity index is 560. The number of aliphatic imine (C=N–C) groups is 1. The average Bonchev–Trinajstić information content (AvgIpc) is 2.59. The van der Waals surface area contributed by atoms with E-state index in [-0.39, 0.29) is 11.3 Å². The molecule has 0 bridgehead atoms. The number of hydrogen-bond donors (Lipinski definition) is 1. The summed E-state index contributed by atoms with van der Waals surface area (Å²) in [5.74, 6) is 1.10. The fraction of sp³-hybridized carbons (Fsp3) is 0.579. The Hall–Kier alpha value is -2.04. The predicted octanol–water partition coefficient (Wildman–Crippen LogP) is 2.09. The molecule has 0 radical (unpaired) electrons. The highest BCUT2D eigenvalue weighted by Gasteiger charge is 2.23. The van der Waals surface area contributed by atoms with Crippen molar-refractivity contribution in [2.24, 2.45) is 4.99 Å². The van der Waals surface area contributed by atoms with Gasteiger partial charge in [0.1, 0.15) is 0 Å². The zero-order chi connectivity index (χ0) is 17.6. The van der Waals surface area contributed by atoms with E-state index in [9.17, 15) is 4.79 Å². The van der Waals surface area contributed by atoms with Crippen molar-refractivity contribution in [3.8, 4) is 0 Å². The van der Waals surface area contributed by atoms with Crippen LogP contribution in [0, 0.1) is 0 Å². The fourth-order valence-electron chi connectivity index (χ4n) is 2.91. The van der Waals surface area contributed by atoms with E-state index in [2.05, 4.69) is 55.3 Å². The first-order chi connectivity index (χ1) is 11.4. The second-order valence-electron chi connectivity index (χ2n) is 6.91. The highest BCUT2D eigenvalue weighted by molar-refractivity contribution is 5.80. The maximum atomic E-state index is 11.5. The van der Waals surface area contributed by atoms with Crippen molar-refractivity contribution in [3.05, 3.63) is 35.9 Å². The second-order valence-corrected chi connectivity index (χ2v) is 6.91. The number of rotatable bonds is 4. The molecule has 0 aromatic heterocycles. The van der Waals surface area contributed by atoms with Gasteiger partial charge in [0.2, 0.25) is 5.91 Å². The molecule has 2 rings (SSSR count). The van der Waals surface area contributed by atoms with Crippen molar-refractivity contribution in [2.75, 3.05) is 39.3 Å². The van der Waals surface area contributed by atoms with Gasteiger partial charge in [-0.1, -0.05) is 44.2 Å². The Balaban J connectivity index is 2.04. The summed E-state index contributed by atoms with van der Waals surface area (Å²) in [6.45, 7) is 12.9. The third-order valence-corrected chi connectivity index (χ3v) is 4.54. The van der Waals surface area contributed by atoms with Crippen LogP contribution in [0.4, 0.5) is 0 Å². The van der Waals surface area contributed by atoms with Gasteiger partial charge in [-0.15, -0.1) is 0 Å². The van der Waals surface area contributed by atoms with Crippen LogP contribution < -0.4 is 5.32 Å². The summed E-state index contributed by atoms with van der Waals surface area (Å²) in [6, 6.07) is 10.5. The molecule has 1 aromatic rings. The zero-order valence-electron chi connectivity index (χ0n) is 15.4. The summed E-state index contributed by atoms with van der Waals surface area (Å²) in [4.78, 5) is 20.5. The SMILES string of the molecule is CCNC(=NCC(C)(C)c1ccccc1)N1CCN(C(C)=O)CC1. The fourth-order valence-corrected chi connectivity index (χ4v) is 2.91. The van der Waals surface area contributed by atoms with E-state index in [1.807, 2.05) is 11.0 Å². The quantitative estimate of drug-likeness (QED) is 0.679. The largest absolute Gasteiger partial charge is 0.357 e. The summed E-state index contributed by atoms with van der Waals surface area (Å²) in [5.41, 5.74) is 1.29. The van der Waals surface area contributed by atoms with E-state index in [1.54, 1.807) is 6.92 Å². The Morgan fingerprint density at radius 2 is 1.71 bits per heavy atom. The van der Waals surface area contributed by atoms with Crippen LogP contribution in [0.1, 0.15) is 33.3 Å². The van der Waals surface area contributed by atoms with Crippen LogP contribution in [-0.2, 0) is 10.2 Å². The second kappa shape index (κ2) is 8.18. The first kappa shape index (κ1) is 18.3. The minimum absolute atomic E-state index is 0.0108. The van der Waals surface area contributed by atoms with Crippen LogP contribution in [0.3, 0.4) is 0 Å². The van der Waals surface area contributed by atoms with Crippen molar-refractivity contribution in [1.82, 2.24) is 15.1 Å². The lowest BCUT2D eigenvalue weighted by Crippen LogP contribution is -2.53. The number of piperazine rings is 1. The molecule has 1 aliphatic rings. The lowest BCUT2D eigenvalue weighted by atomic mass is 9.85. The molecule has 0 saturated carbocycles.